The number of carbonyl (C=O) groups is 1. The molecule has 1 aliphatic rings. The highest BCUT2D eigenvalue weighted by Gasteiger charge is 2.15. The van der Waals surface area contributed by atoms with Crippen molar-refractivity contribution < 1.29 is 14.6 Å². The second-order valence-electron chi connectivity index (χ2n) is 7.88. The van der Waals surface area contributed by atoms with E-state index >= 15 is 0 Å². The molecule has 1 fully saturated rings. The van der Waals surface area contributed by atoms with Crippen LogP contribution < -0.4 is 10.2 Å². The fourth-order valence-corrected chi connectivity index (χ4v) is 4.15. The largest absolute Gasteiger partial charge is 0.506 e. The molecule has 3 aromatic rings. The minimum Gasteiger partial charge on any atom is -0.506 e. The Morgan fingerprint density at radius 1 is 1.10 bits per heavy atom. The van der Waals surface area contributed by atoms with Gasteiger partial charge in [0.1, 0.15) is 11.5 Å². The monoisotopic (exact) mass is 436 g/mol. The van der Waals surface area contributed by atoms with E-state index in [2.05, 4.69) is 10.5 Å². The number of halogens is 1. The van der Waals surface area contributed by atoms with E-state index in [4.69, 9.17) is 16.3 Å². The van der Waals surface area contributed by atoms with Crippen LogP contribution in [0.15, 0.2) is 59.7 Å². The zero-order valence-corrected chi connectivity index (χ0v) is 17.9. The molecule has 0 bridgehead atoms. The highest BCUT2D eigenvalue weighted by atomic mass is 35.5. The normalized spacial score (nSPS) is 14.7. The lowest BCUT2D eigenvalue weighted by atomic mass is 9.90. The Morgan fingerprint density at radius 2 is 1.87 bits per heavy atom. The van der Waals surface area contributed by atoms with Crippen LogP contribution in [0.25, 0.3) is 10.8 Å². The van der Waals surface area contributed by atoms with Crippen LogP contribution in [-0.2, 0) is 0 Å². The zero-order chi connectivity index (χ0) is 21.6. The summed E-state index contributed by atoms with van der Waals surface area (Å²) >= 11 is 5.86. The van der Waals surface area contributed by atoms with Crippen LogP contribution >= 0.6 is 11.6 Å². The Morgan fingerprint density at radius 3 is 2.65 bits per heavy atom. The number of phenols is 1. The second-order valence-corrected chi connectivity index (χ2v) is 8.29. The molecule has 2 N–H and O–H groups in total. The van der Waals surface area contributed by atoms with Crippen molar-refractivity contribution >= 4 is 34.5 Å². The average molecular weight is 437 g/mol. The number of hydrogen-bond acceptors (Lipinski definition) is 4. The summed E-state index contributed by atoms with van der Waals surface area (Å²) in [6.07, 6.45) is 8.04. The number of rotatable bonds is 6. The molecule has 31 heavy (non-hydrogen) atoms. The molecule has 4 rings (SSSR count). The molecule has 1 aliphatic carbocycles. The Kier molecular flexibility index (Phi) is 6.73. The summed E-state index contributed by atoms with van der Waals surface area (Å²) < 4.78 is 6.19. The number of fused-ring (bicyclic) bond motifs is 1. The summed E-state index contributed by atoms with van der Waals surface area (Å²) in [6, 6.07) is 16.2. The third-order valence-electron chi connectivity index (χ3n) is 5.70. The molecule has 0 heterocycles. The van der Waals surface area contributed by atoms with E-state index in [9.17, 15) is 9.90 Å². The Hall–Kier alpha value is -3.05. The molecule has 0 aromatic heterocycles. The van der Waals surface area contributed by atoms with Crippen molar-refractivity contribution in [2.75, 3.05) is 6.61 Å². The summed E-state index contributed by atoms with van der Waals surface area (Å²) in [5.41, 5.74) is 3.70. The number of nitrogens with zero attached hydrogens (tertiary/aromatic N) is 1. The first-order chi connectivity index (χ1) is 15.1. The molecule has 160 valence electrons. The van der Waals surface area contributed by atoms with Gasteiger partial charge in [0.2, 0.25) is 0 Å². The van der Waals surface area contributed by atoms with Gasteiger partial charge in [-0.15, -0.1) is 0 Å². The molecular formula is C25H25ClN2O3. The smallest absolute Gasteiger partial charge is 0.271 e. The van der Waals surface area contributed by atoms with Crippen molar-refractivity contribution in [3.8, 4) is 11.5 Å². The van der Waals surface area contributed by atoms with E-state index in [0.29, 0.717) is 11.5 Å². The second kappa shape index (κ2) is 9.84. The van der Waals surface area contributed by atoms with Gasteiger partial charge >= 0.3 is 0 Å². The van der Waals surface area contributed by atoms with Crippen LogP contribution in [0.1, 0.15) is 48.0 Å². The van der Waals surface area contributed by atoms with Gasteiger partial charge in [0.15, 0.2) is 0 Å². The van der Waals surface area contributed by atoms with E-state index in [1.807, 2.05) is 36.4 Å². The van der Waals surface area contributed by atoms with Crippen molar-refractivity contribution in [2.45, 2.75) is 32.1 Å². The third kappa shape index (κ3) is 5.17. The van der Waals surface area contributed by atoms with Gasteiger partial charge in [0, 0.05) is 16.5 Å². The number of phenolic OH excluding ortho intramolecular Hbond substituents is 1. The maximum absolute atomic E-state index is 12.3. The number of hydrazone groups is 1. The SMILES string of the molecule is O=C(N/N=C/c1ccc(OCC2CCCCC2)c2ccccc12)c1ccc(O)c(Cl)c1. The molecule has 5 nitrogen and oxygen atoms in total. The quantitative estimate of drug-likeness (QED) is 0.372. The van der Waals surface area contributed by atoms with E-state index in [1.54, 1.807) is 6.21 Å². The maximum atomic E-state index is 12.3. The number of aromatic hydroxyl groups is 1. The van der Waals surface area contributed by atoms with E-state index in [-0.39, 0.29) is 10.8 Å². The minimum absolute atomic E-state index is 0.0704. The standard InChI is InChI=1S/C25H25ClN2O3/c26-22-14-18(10-12-23(22)29)25(30)28-27-15-19-11-13-24(21-9-5-4-8-20(19)21)31-16-17-6-2-1-3-7-17/h4-5,8-15,17,29H,1-3,6-7,16H2,(H,28,30)/b27-15+. The van der Waals surface area contributed by atoms with Crippen molar-refractivity contribution in [1.29, 1.82) is 0 Å². The van der Waals surface area contributed by atoms with Crippen LogP contribution in [0, 0.1) is 5.92 Å². The van der Waals surface area contributed by atoms with E-state index in [1.165, 1.54) is 50.3 Å². The molecule has 3 aromatic carbocycles. The Labute approximate surface area is 186 Å². The van der Waals surface area contributed by atoms with Gasteiger partial charge in [-0.2, -0.15) is 5.10 Å². The van der Waals surface area contributed by atoms with Gasteiger partial charge in [-0.3, -0.25) is 4.79 Å². The van der Waals surface area contributed by atoms with Crippen molar-refractivity contribution in [3.63, 3.8) is 0 Å². The highest BCUT2D eigenvalue weighted by molar-refractivity contribution is 6.32. The van der Waals surface area contributed by atoms with Crippen LogP contribution in [0.5, 0.6) is 11.5 Å². The van der Waals surface area contributed by atoms with Gasteiger partial charge in [0.25, 0.3) is 5.91 Å². The molecule has 0 saturated heterocycles. The fraction of sp³-hybridized carbons (Fsp3) is 0.280. The van der Waals surface area contributed by atoms with Gasteiger partial charge in [-0.25, -0.2) is 5.43 Å². The Balaban J connectivity index is 1.47. The fourth-order valence-electron chi connectivity index (χ4n) is 3.97. The van der Waals surface area contributed by atoms with E-state index < -0.39 is 5.91 Å². The first-order valence-corrected chi connectivity index (χ1v) is 11.0. The molecule has 0 atom stereocenters. The van der Waals surface area contributed by atoms with Crippen molar-refractivity contribution in [1.82, 2.24) is 5.43 Å². The number of ether oxygens (including phenoxy) is 1. The van der Waals surface area contributed by atoms with Crippen molar-refractivity contribution in [3.05, 3.63) is 70.7 Å². The number of nitrogens with one attached hydrogen (secondary N) is 1. The molecule has 0 aliphatic heterocycles. The zero-order valence-electron chi connectivity index (χ0n) is 17.2. The highest BCUT2D eigenvalue weighted by Crippen LogP contribution is 2.30. The molecule has 1 amide bonds. The van der Waals surface area contributed by atoms with E-state index in [0.717, 1.165) is 28.7 Å². The average Bonchev–Trinajstić information content (AvgIpc) is 2.80. The lowest BCUT2D eigenvalue weighted by molar-refractivity contribution is 0.0955. The summed E-state index contributed by atoms with van der Waals surface area (Å²) in [7, 11) is 0. The molecule has 0 radical (unpaired) electrons. The predicted molar refractivity (Wildman–Crippen MR) is 124 cm³/mol. The van der Waals surface area contributed by atoms with Gasteiger partial charge in [-0.05, 0) is 54.5 Å². The predicted octanol–water partition coefficient (Wildman–Crippen LogP) is 5.92. The third-order valence-corrected chi connectivity index (χ3v) is 6.00. The van der Waals surface area contributed by atoms with Crippen LogP contribution in [0.3, 0.4) is 0 Å². The number of amides is 1. The topological polar surface area (TPSA) is 70.9 Å². The van der Waals surface area contributed by atoms with Gasteiger partial charge in [0.05, 0.1) is 17.8 Å². The van der Waals surface area contributed by atoms with Gasteiger partial charge in [-0.1, -0.05) is 55.1 Å². The molecule has 6 heteroatoms. The first kappa shape index (κ1) is 21.2. The minimum atomic E-state index is -0.408. The van der Waals surface area contributed by atoms with Crippen LogP contribution in [0.2, 0.25) is 5.02 Å². The maximum Gasteiger partial charge on any atom is 0.271 e. The lowest BCUT2D eigenvalue weighted by Crippen LogP contribution is -2.17. The summed E-state index contributed by atoms with van der Waals surface area (Å²) in [5.74, 6) is 1.03. The number of carbonyl (C=O) groups excluding carboxylic acids is 1. The molecule has 1 saturated carbocycles. The number of benzene rings is 3. The van der Waals surface area contributed by atoms with Crippen LogP contribution in [-0.4, -0.2) is 23.8 Å². The number of hydrogen-bond donors (Lipinski definition) is 2. The summed E-state index contributed by atoms with van der Waals surface area (Å²) in [5, 5.41) is 15.7. The first-order valence-electron chi connectivity index (χ1n) is 10.6. The summed E-state index contributed by atoms with van der Waals surface area (Å²) in [6.45, 7) is 0.753. The summed E-state index contributed by atoms with van der Waals surface area (Å²) in [4.78, 5) is 12.3. The van der Waals surface area contributed by atoms with Crippen molar-refractivity contribution in [2.24, 2.45) is 11.0 Å². The van der Waals surface area contributed by atoms with Crippen LogP contribution in [0.4, 0.5) is 0 Å². The van der Waals surface area contributed by atoms with Gasteiger partial charge < -0.3 is 9.84 Å². The molecular weight excluding hydrogens is 412 g/mol. The lowest BCUT2D eigenvalue weighted by Gasteiger charge is -2.22. The molecule has 0 spiro atoms. The molecule has 0 unspecified atom stereocenters. The Bertz CT molecular complexity index is 1110.